The van der Waals surface area contributed by atoms with Gasteiger partial charge in [-0.15, -0.1) is 0 Å². The van der Waals surface area contributed by atoms with Gasteiger partial charge < -0.3 is 19.8 Å². The number of aryl methyl sites for hydroxylation is 2. The number of hydrogen-bond donors (Lipinski definition) is 2. The first-order chi connectivity index (χ1) is 13.9. The van der Waals surface area contributed by atoms with Crippen molar-refractivity contribution >= 4 is 34.4 Å². The van der Waals surface area contributed by atoms with Crippen LogP contribution in [-0.4, -0.2) is 30.9 Å². The van der Waals surface area contributed by atoms with Crippen LogP contribution < -0.4 is 10.6 Å². The van der Waals surface area contributed by atoms with Gasteiger partial charge in [0.1, 0.15) is 5.58 Å². The number of nitrogens with one attached hydrogen (secondary N) is 2. The lowest BCUT2D eigenvalue weighted by Gasteiger charge is -2.11. The maximum Gasteiger partial charge on any atom is 0.375 e. The summed E-state index contributed by atoms with van der Waals surface area (Å²) in [6.45, 7) is 4.87. The summed E-state index contributed by atoms with van der Waals surface area (Å²) in [5.74, 6) is -1.62. The minimum atomic E-state index is -0.728. The average molecular weight is 394 g/mol. The number of fused-ring (bicyclic) bond motifs is 1. The zero-order valence-electron chi connectivity index (χ0n) is 16.5. The van der Waals surface area contributed by atoms with Crippen molar-refractivity contribution in [1.82, 2.24) is 5.32 Å². The largest absolute Gasteiger partial charge is 0.450 e. The summed E-state index contributed by atoms with van der Waals surface area (Å²) < 4.78 is 10.5. The first-order valence-corrected chi connectivity index (χ1v) is 9.15. The van der Waals surface area contributed by atoms with Crippen molar-refractivity contribution in [3.05, 3.63) is 64.9 Å². The van der Waals surface area contributed by atoms with E-state index in [4.69, 9.17) is 9.15 Å². The van der Waals surface area contributed by atoms with Crippen molar-refractivity contribution in [1.29, 1.82) is 0 Å². The number of esters is 1. The second kappa shape index (κ2) is 8.60. The molecular formula is C22H22N2O5. The molecule has 0 fully saturated rings. The van der Waals surface area contributed by atoms with Crippen LogP contribution >= 0.6 is 0 Å². The number of amides is 2. The first-order valence-electron chi connectivity index (χ1n) is 9.15. The molecule has 1 aromatic heterocycles. The van der Waals surface area contributed by atoms with Gasteiger partial charge in [-0.3, -0.25) is 9.59 Å². The molecule has 7 heteroatoms. The van der Waals surface area contributed by atoms with Crippen molar-refractivity contribution in [2.45, 2.75) is 20.8 Å². The average Bonchev–Trinajstić information content (AvgIpc) is 3.05. The number of furan rings is 1. The number of anilines is 1. The number of carbonyl (C=O) groups is 3. The van der Waals surface area contributed by atoms with Crippen molar-refractivity contribution in [3.63, 3.8) is 0 Å². The fourth-order valence-corrected chi connectivity index (χ4v) is 2.88. The van der Waals surface area contributed by atoms with Crippen LogP contribution in [0.3, 0.4) is 0 Å². The molecule has 3 aromatic rings. The zero-order valence-corrected chi connectivity index (χ0v) is 16.5. The number of hydrogen-bond acceptors (Lipinski definition) is 5. The topological polar surface area (TPSA) is 97.6 Å². The van der Waals surface area contributed by atoms with Gasteiger partial charge >= 0.3 is 5.97 Å². The Kier molecular flexibility index (Phi) is 5.97. The minimum Gasteiger partial charge on any atom is -0.450 e. The number of rotatable bonds is 6. The van der Waals surface area contributed by atoms with Crippen LogP contribution in [0.2, 0.25) is 0 Å². The monoisotopic (exact) mass is 394 g/mol. The molecule has 0 aliphatic rings. The third-order valence-electron chi connectivity index (χ3n) is 4.69. The van der Waals surface area contributed by atoms with Gasteiger partial charge in [-0.2, -0.15) is 0 Å². The molecule has 29 heavy (non-hydrogen) atoms. The lowest BCUT2D eigenvalue weighted by molar-refractivity contribution is -0.126. The third kappa shape index (κ3) is 4.63. The van der Waals surface area contributed by atoms with Crippen molar-refractivity contribution < 1.29 is 23.5 Å². The fraction of sp³-hybridized carbons (Fsp3) is 0.227. The van der Waals surface area contributed by atoms with Gasteiger partial charge in [0.25, 0.3) is 5.91 Å². The molecular weight excluding hydrogens is 372 g/mol. The molecule has 7 nitrogen and oxygen atoms in total. The first kappa shape index (κ1) is 20.1. The highest BCUT2D eigenvalue weighted by molar-refractivity contribution is 5.98. The van der Waals surface area contributed by atoms with Gasteiger partial charge in [-0.05, 0) is 44.0 Å². The molecule has 0 bridgehead atoms. The van der Waals surface area contributed by atoms with Crippen LogP contribution in [0.15, 0.2) is 46.9 Å². The molecule has 0 aliphatic carbocycles. The summed E-state index contributed by atoms with van der Waals surface area (Å²) in [6.07, 6.45) is 0. The van der Waals surface area contributed by atoms with E-state index < -0.39 is 18.5 Å². The Morgan fingerprint density at radius 3 is 2.45 bits per heavy atom. The second-order valence-corrected chi connectivity index (χ2v) is 6.70. The molecule has 0 atom stereocenters. The Hall–Kier alpha value is -3.61. The lowest BCUT2D eigenvalue weighted by Crippen LogP contribution is -2.35. The van der Waals surface area contributed by atoms with E-state index >= 15 is 0 Å². The van der Waals surface area contributed by atoms with E-state index in [2.05, 4.69) is 10.6 Å². The summed E-state index contributed by atoms with van der Waals surface area (Å²) in [7, 11) is 0. The Morgan fingerprint density at radius 2 is 1.69 bits per heavy atom. The molecule has 0 radical (unpaired) electrons. The Bertz CT molecular complexity index is 1080. The van der Waals surface area contributed by atoms with E-state index in [0.29, 0.717) is 16.8 Å². The highest BCUT2D eigenvalue weighted by Crippen LogP contribution is 2.25. The van der Waals surface area contributed by atoms with Crippen LogP contribution in [0.1, 0.15) is 27.2 Å². The van der Waals surface area contributed by atoms with Gasteiger partial charge in [0, 0.05) is 16.6 Å². The summed E-state index contributed by atoms with van der Waals surface area (Å²) in [5.41, 5.74) is 3.93. The van der Waals surface area contributed by atoms with Gasteiger partial charge in [-0.25, -0.2) is 4.79 Å². The van der Waals surface area contributed by atoms with Gasteiger partial charge in [0.2, 0.25) is 11.7 Å². The number of para-hydroxylation sites is 1. The van der Waals surface area contributed by atoms with Crippen LogP contribution in [0.5, 0.6) is 0 Å². The molecule has 2 N–H and O–H groups in total. The number of ether oxygens (including phenoxy) is 1. The predicted octanol–water partition coefficient (Wildman–Crippen LogP) is 3.27. The summed E-state index contributed by atoms with van der Waals surface area (Å²) in [5, 5.41) is 5.98. The summed E-state index contributed by atoms with van der Waals surface area (Å²) in [4.78, 5) is 36.2. The molecule has 0 aliphatic heterocycles. The van der Waals surface area contributed by atoms with Crippen molar-refractivity contribution in [2.24, 2.45) is 0 Å². The predicted molar refractivity (Wildman–Crippen MR) is 109 cm³/mol. The summed E-state index contributed by atoms with van der Waals surface area (Å²) >= 11 is 0. The molecule has 3 rings (SSSR count). The Balaban J connectivity index is 1.49. The van der Waals surface area contributed by atoms with Gasteiger partial charge in [-0.1, -0.05) is 30.3 Å². The Morgan fingerprint density at radius 1 is 0.931 bits per heavy atom. The standard InChI is InChI=1S/C22H22N2O5/c1-13-7-6-9-17(14(13)2)24-19(25)11-23-20(26)12-28-22(27)21-15(3)16-8-4-5-10-18(16)29-21/h4-10H,11-12H2,1-3H3,(H,23,26)(H,24,25). The maximum atomic E-state index is 12.2. The smallest absolute Gasteiger partial charge is 0.375 e. The van der Waals surface area contributed by atoms with E-state index in [1.54, 1.807) is 25.1 Å². The molecule has 0 spiro atoms. The fourth-order valence-electron chi connectivity index (χ4n) is 2.88. The SMILES string of the molecule is Cc1cccc(NC(=O)CNC(=O)COC(=O)c2oc3ccccc3c2C)c1C. The molecule has 150 valence electrons. The molecule has 0 saturated heterocycles. The van der Waals surface area contributed by atoms with Gasteiger partial charge in [0.05, 0.1) is 6.54 Å². The second-order valence-electron chi connectivity index (χ2n) is 6.70. The summed E-state index contributed by atoms with van der Waals surface area (Å²) in [6, 6.07) is 12.8. The lowest BCUT2D eigenvalue weighted by atomic mass is 10.1. The molecule has 0 unspecified atom stereocenters. The number of carbonyl (C=O) groups excluding carboxylic acids is 3. The third-order valence-corrected chi connectivity index (χ3v) is 4.69. The highest BCUT2D eigenvalue weighted by Gasteiger charge is 2.20. The highest BCUT2D eigenvalue weighted by atomic mass is 16.5. The number of benzene rings is 2. The Labute approximate surface area is 168 Å². The van der Waals surface area contributed by atoms with Gasteiger partial charge in [0.15, 0.2) is 6.61 Å². The van der Waals surface area contributed by atoms with E-state index in [9.17, 15) is 14.4 Å². The minimum absolute atomic E-state index is 0.0617. The van der Waals surface area contributed by atoms with Crippen molar-refractivity contribution in [3.8, 4) is 0 Å². The quantitative estimate of drug-likeness (QED) is 0.626. The van der Waals surface area contributed by atoms with E-state index in [0.717, 1.165) is 16.5 Å². The van der Waals surface area contributed by atoms with Crippen LogP contribution in [0.4, 0.5) is 5.69 Å². The molecule has 2 amide bonds. The van der Waals surface area contributed by atoms with Crippen molar-refractivity contribution in [2.75, 3.05) is 18.5 Å². The molecule has 0 saturated carbocycles. The van der Waals surface area contributed by atoms with E-state index in [1.807, 2.05) is 38.1 Å². The maximum absolute atomic E-state index is 12.2. The van der Waals surface area contributed by atoms with Crippen LogP contribution in [0.25, 0.3) is 11.0 Å². The van der Waals surface area contributed by atoms with E-state index in [1.165, 1.54) is 0 Å². The van der Waals surface area contributed by atoms with Crippen LogP contribution in [-0.2, 0) is 14.3 Å². The van der Waals surface area contributed by atoms with Crippen LogP contribution in [0, 0.1) is 20.8 Å². The molecule has 2 aromatic carbocycles. The molecule has 1 heterocycles. The van der Waals surface area contributed by atoms with E-state index in [-0.39, 0.29) is 18.2 Å². The zero-order chi connectivity index (χ0) is 21.0. The normalized spacial score (nSPS) is 10.6.